The average Bonchev–Trinajstić information content (AvgIpc) is 3.33. The SMILES string of the molecule is COc1ccc(-c2csc(CCNC(=O)CN3C(=O)c4ccccc4C3=O)n2)cc1. The summed E-state index contributed by atoms with van der Waals surface area (Å²) in [7, 11) is 1.62. The molecule has 0 radical (unpaired) electrons. The highest BCUT2D eigenvalue weighted by Crippen LogP contribution is 2.24. The topological polar surface area (TPSA) is 88.6 Å². The van der Waals surface area contributed by atoms with Crippen LogP contribution in [0.15, 0.2) is 53.9 Å². The van der Waals surface area contributed by atoms with Gasteiger partial charge in [0.25, 0.3) is 11.8 Å². The molecule has 0 atom stereocenters. The first-order valence-corrected chi connectivity index (χ1v) is 10.3. The molecule has 0 unspecified atom stereocenters. The van der Waals surface area contributed by atoms with Gasteiger partial charge in [-0.3, -0.25) is 19.3 Å². The number of carbonyl (C=O) groups is 3. The van der Waals surface area contributed by atoms with Crippen LogP contribution in [0.25, 0.3) is 11.3 Å². The number of imide groups is 1. The highest BCUT2D eigenvalue weighted by atomic mass is 32.1. The Morgan fingerprint density at radius 3 is 2.37 bits per heavy atom. The van der Waals surface area contributed by atoms with Gasteiger partial charge >= 0.3 is 0 Å². The summed E-state index contributed by atoms with van der Waals surface area (Å²) in [5, 5.41) is 5.62. The van der Waals surface area contributed by atoms with Gasteiger partial charge in [0.05, 0.1) is 28.9 Å². The van der Waals surface area contributed by atoms with Crippen LogP contribution >= 0.6 is 11.3 Å². The molecule has 4 rings (SSSR count). The number of rotatable bonds is 7. The van der Waals surface area contributed by atoms with Crippen LogP contribution in [0.5, 0.6) is 5.75 Å². The van der Waals surface area contributed by atoms with Gasteiger partial charge in [0.1, 0.15) is 12.3 Å². The van der Waals surface area contributed by atoms with E-state index >= 15 is 0 Å². The van der Waals surface area contributed by atoms with E-state index in [0.717, 1.165) is 26.9 Å². The lowest BCUT2D eigenvalue weighted by Crippen LogP contribution is -2.40. The minimum absolute atomic E-state index is 0.290. The molecule has 0 saturated heterocycles. The minimum atomic E-state index is -0.435. The molecule has 30 heavy (non-hydrogen) atoms. The third-order valence-electron chi connectivity index (χ3n) is 4.78. The van der Waals surface area contributed by atoms with E-state index in [1.807, 2.05) is 29.6 Å². The first kappa shape index (κ1) is 19.8. The lowest BCUT2D eigenvalue weighted by molar-refractivity contribution is -0.121. The maximum atomic E-state index is 12.3. The van der Waals surface area contributed by atoms with E-state index in [9.17, 15) is 14.4 Å². The molecule has 1 N–H and O–H groups in total. The lowest BCUT2D eigenvalue weighted by Gasteiger charge is -2.13. The van der Waals surface area contributed by atoms with Crippen molar-refractivity contribution >= 4 is 29.1 Å². The molecule has 2 aromatic carbocycles. The normalized spacial score (nSPS) is 12.8. The number of ether oxygens (including phenoxy) is 1. The van der Waals surface area contributed by atoms with Gasteiger partial charge in [-0.15, -0.1) is 11.3 Å². The van der Waals surface area contributed by atoms with Crippen molar-refractivity contribution in [1.29, 1.82) is 0 Å². The summed E-state index contributed by atoms with van der Waals surface area (Å²) < 4.78 is 5.16. The molecule has 152 valence electrons. The Hall–Kier alpha value is -3.52. The van der Waals surface area contributed by atoms with Crippen LogP contribution in [-0.2, 0) is 11.2 Å². The Morgan fingerprint density at radius 2 is 1.73 bits per heavy atom. The maximum absolute atomic E-state index is 12.3. The molecule has 7 nitrogen and oxygen atoms in total. The Balaban J connectivity index is 1.29. The highest BCUT2D eigenvalue weighted by molar-refractivity contribution is 7.09. The molecule has 0 bridgehead atoms. The Labute approximate surface area is 177 Å². The number of carbonyl (C=O) groups excluding carboxylic acids is 3. The van der Waals surface area contributed by atoms with Gasteiger partial charge < -0.3 is 10.1 Å². The number of hydrogen-bond donors (Lipinski definition) is 1. The third-order valence-corrected chi connectivity index (χ3v) is 5.69. The van der Waals surface area contributed by atoms with Crippen molar-refractivity contribution < 1.29 is 19.1 Å². The summed E-state index contributed by atoms with van der Waals surface area (Å²) in [6.45, 7) is 0.0822. The van der Waals surface area contributed by atoms with Gasteiger partial charge in [-0.2, -0.15) is 0 Å². The second-order valence-electron chi connectivity index (χ2n) is 6.70. The number of amides is 3. The predicted octanol–water partition coefficient (Wildman–Crippen LogP) is 2.77. The first-order valence-electron chi connectivity index (χ1n) is 9.37. The highest BCUT2D eigenvalue weighted by Gasteiger charge is 2.36. The van der Waals surface area contributed by atoms with E-state index in [1.165, 1.54) is 11.3 Å². The van der Waals surface area contributed by atoms with Crippen LogP contribution < -0.4 is 10.1 Å². The fourth-order valence-corrected chi connectivity index (χ4v) is 4.02. The van der Waals surface area contributed by atoms with Crippen LogP contribution in [0.3, 0.4) is 0 Å². The van der Waals surface area contributed by atoms with Crippen LogP contribution in [0.4, 0.5) is 0 Å². The van der Waals surface area contributed by atoms with Gasteiger partial charge in [0, 0.05) is 23.9 Å². The number of methoxy groups -OCH3 is 1. The average molecular weight is 421 g/mol. The van der Waals surface area contributed by atoms with Gasteiger partial charge in [0.2, 0.25) is 5.91 Å². The Bertz CT molecular complexity index is 1070. The fraction of sp³-hybridized carbons (Fsp3) is 0.182. The summed E-state index contributed by atoms with van der Waals surface area (Å²) in [6, 6.07) is 14.2. The molecule has 0 fully saturated rings. The van der Waals surface area contributed by atoms with Gasteiger partial charge in [-0.1, -0.05) is 12.1 Å². The Kier molecular flexibility index (Phi) is 5.58. The number of nitrogens with zero attached hydrogens (tertiary/aromatic N) is 2. The van der Waals surface area contributed by atoms with Gasteiger partial charge in [0.15, 0.2) is 0 Å². The van der Waals surface area contributed by atoms with E-state index in [0.29, 0.717) is 24.1 Å². The van der Waals surface area contributed by atoms with E-state index in [-0.39, 0.29) is 12.5 Å². The minimum Gasteiger partial charge on any atom is -0.497 e. The molecular weight excluding hydrogens is 402 g/mol. The summed E-state index contributed by atoms with van der Waals surface area (Å²) in [4.78, 5) is 42.5. The predicted molar refractivity (Wildman–Crippen MR) is 113 cm³/mol. The molecule has 0 saturated carbocycles. The molecule has 1 aromatic heterocycles. The lowest BCUT2D eigenvalue weighted by atomic mass is 10.1. The number of fused-ring (bicyclic) bond motifs is 1. The van der Waals surface area contributed by atoms with E-state index < -0.39 is 11.8 Å². The smallest absolute Gasteiger partial charge is 0.262 e. The molecule has 2 heterocycles. The van der Waals surface area contributed by atoms with Crippen molar-refractivity contribution in [2.45, 2.75) is 6.42 Å². The van der Waals surface area contributed by atoms with E-state index in [4.69, 9.17) is 4.74 Å². The zero-order chi connectivity index (χ0) is 21.1. The van der Waals surface area contributed by atoms with E-state index in [1.54, 1.807) is 31.4 Å². The summed E-state index contributed by atoms with van der Waals surface area (Å²) >= 11 is 1.52. The second kappa shape index (κ2) is 8.46. The molecule has 8 heteroatoms. The first-order chi connectivity index (χ1) is 14.6. The molecule has 1 aliphatic heterocycles. The summed E-state index contributed by atoms with van der Waals surface area (Å²) in [5.74, 6) is -0.462. The van der Waals surface area contributed by atoms with Crippen LogP contribution in [0, 0.1) is 0 Å². The van der Waals surface area contributed by atoms with Crippen LogP contribution in [-0.4, -0.2) is 47.8 Å². The summed E-state index contributed by atoms with van der Waals surface area (Å²) in [6.07, 6.45) is 0.564. The maximum Gasteiger partial charge on any atom is 0.262 e. The molecule has 0 spiro atoms. The number of aromatic nitrogens is 1. The number of benzene rings is 2. The molecule has 1 aliphatic rings. The van der Waals surface area contributed by atoms with Crippen molar-refractivity contribution in [3.8, 4) is 17.0 Å². The van der Waals surface area contributed by atoms with Crippen molar-refractivity contribution in [2.24, 2.45) is 0 Å². The monoisotopic (exact) mass is 421 g/mol. The zero-order valence-electron chi connectivity index (χ0n) is 16.3. The van der Waals surface area contributed by atoms with Crippen molar-refractivity contribution in [3.63, 3.8) is 0 Å². The Morgan fingerprint density at radius 1 is 1.07 bits per heavy atom. The molecule has 3 amide bonds. The largest absolute Gasteiger partial charge is 0.497 e. The van der Waals surface area contributed by atoms with E-state index in [2.05, 4.69) is 10.3 Å². The van der Waals surface area contributed by atoms with Gasteiger partial charge in [-0.25, -0.2) is 4.98 Å². The van der Waals surface area contributed by atoms with Crippen molar-refractivity contribution in [1.82, 2.24) is 15.2 Å². The molecule has 3 aromatic rings. The zero-order valence-corrected chi connectivity index (χ0v) is 17.1. The second-order valence-corrected chi connectivity index (χ2v) is 7.64. The molecule has 0 aliphatic carbocycles. The summed E-state index contributed by atoms with van der Waals surface area (Å²) in [5.41, 5.74) is 2.54. The standard InChI is InChI=1S/C22H19N3O4S/c1-29-15-8-6-14(7-9-15)18-13-30-20(24-18)10-11-23-19(26)12-25-21(27)16-4-2-3-5-17(16)22(25)28/h2-9,13H,10-12H2,1H3,(H,23,26). The quantitative estimate of drug-likeness (QED) is 0.593. The van der Waals surface area contributed by atoms with Crippen molar-refractivity contribution in [2.75, 3.05) is 20.2 Å². The van der Waals surface area contributed by atoms with Crippen molar-refractivity contribution in [3.05, 3.63) is 70.0 Å². The van der Waals surface area contributed by atoms with Crippen LogP contribution in [0.2, 0.25) is 0 Å². The number of hydrogen-bond acceptors (Lipinski definition) is 6. The van der Waals surface area contributed by atoms with Gasteiger partial charge in [-0.05, 0) is 36.4 Å². The molecular formula is C22H19N3O4S. The van der Waals surface area contributed by atoms with Crippen LogP contribution in [0.1, 0.15) is 25.7 Å². The third kappa shape index (κ3) is 3.95. The fourth-order valence-electron chi connectivity index (χ4n) is 3.21. The number of thiazole rings is 1. The number of nitrogens with one attached hydrogen (secondary N) is 1.